The molecule has 0 aromatic carbocycles. The first-order valence-electron chi connectivity index (χ1n) is 5.48. The standard InChI is InChI=1S/C13H15NO2S/c1-3-6-14-7-4-12-10(5-8-17-12)11(9-14)13(15)16-2/h3,5,8-9H,1,4,6-7H2,2H3. The number of carbonyl (C=O) groups excluding carboxylic acids is 1. The average molecular weight is 249 g/mol. The number of rotatable bonds is 3. The van der Waals surface area contributed by atoms with E-state index in [1.807, 2.05) is 23.7 Å². The maximum atomic E-state index is 11.8. The summed E-state index contributed by atoms with van der Waals surface area (Å²) < 4.78 is 4.84. The maximum absolute atomic E-state index is 11.8. The Morgan fingerprint density at radius 1 is 1.71 bits per heavy atom. The van der Waals surface area contributed by atoms with E-state index < -0.39 is 0 Å². The Labute approximate surface area is 105 Å². The highest BCUT2D eigenvalue weighted by molar-refractivity contribution is 7.10. The number of fused-ring (bicyclic) bond motifs is 1. The first-order chi connectivity index (χ1) is 8.26. The van der Waals surface area contributed by atoms with Crippen molar-refractivity contribution in [3.63, 3.8) is 0 Å². The van der Waals surface area contributed by atoms with Crippen LogP contribution in [0.1, 0.15) is 10.4 Å². The average Bonchev–Trinajstić information content (AvgIpc) is 2.73. The predicted molar refractivity (Wildman–Crippen MR) is 69.8 cm³/mol. The summed E-state index contributed by atoms with van der Waals surface area (Å²) in [5, 5.41) is 2.02. The van der Waals surface area contributed by atoms with E-state index in [0.29, 0.717) is 5.57 Å². The lowest BCUT2D eigenvalue weighted by molar-refractivity contribution is -0.133. The molecule has 4 heteroatoms. The van der Waals surface area contributed by atoms with Crippen molar-refractivity contribution >= 4 is 22.9 Å². The van der Waals surface area contributed by atoms with Crippen LogP contribution in [0.15, 0.2) is 30.3 Å². The highest BCUT2D eigenvalue weighted by atomic mass is 32.1. The second kappa shape index (κ2) is 5.19. The fraction of sp³-hybridized carbons (Fsp3) is 0.308. The van der Waals surface area contributed by atoms with Crippen molar-refractivity contribution in [2.45, 2.75) is 6.42 Å². The summed E-state index contributed by atoms with van der Waals surface area (Å²) >= 11 is 1.69. The highest BCUT2D eigenvalue weighted by Crippen LogP contribution is 2.29. The Hall–Kier alpha value is -1.55. The fourth-order valence-electron chi connectivity index (χ4n) is 1.92. The first kappa shape index (κ1) is 11.9. The van der Waals surface area contributed by atoms with Gasteiger partial charge in [0.25, 0.3) is 0 Å². The summed E-state index contributed by atoms with van der Waals surface area (Å²) in [6.45, 7) is 5.38. The number of hydrogen-bond donors (Lipinski definition) is 0. The van der Waals surface area contributed by atoms with E-state index in [4.69, 9.17) is 4.74 Å². The lowest BCUT2D eigenvalue weighted by Gasteiger charge is -2.16. The molecule has 0 atom stereocenters. The molecule has 90 valence electrons. The molecule has 17 heavy (non-hydrogen) atoms. The van der Waals surface area contributed by atoms with Gasteiger partial charge in [0, 0.05) is 29.7 Å². The van der Waals surface area contributed by atoms with Crippen molar-refractivity contribution in [1.29, 1.82) is 0 Å². The summed E-state index contributed by atoms with van der Waals surface area (Å²) in [6, 6.07) is 1.99. The van der Waals surface area contributed by atoms with Crippen LogP contribution in [0.2, 0.25) is 0 Å². The van der Waals surface area contributed by atoms with E-state index in [1.54, 1.807) is 11.3 Å². The van der Waals surface area contributed by atoms with Crippen LogP contribution in [0.4, 0.5) is 0 Å². The van der Waals surface area contributed by atoms with Gasteiger partial charge in [-0.3, -0.25) is 0 Å². The van der Waals surface area contributed by atoms with Crippen molar-refractivity contribution in [3.8, 4) is 0 Å². The van der Waals surface area contributed by atoms with Crippen LogP contribution in [0.5, 0.6) is 0 Å². The number of carbonyl (C=O) groups is 1. The summed E-state index contributed by atoms with van der Waals surface area (Å²) in [5.41, 5.74) is 1.65. The van der Waals surface area contributed by atoms with Gasteiger partial charge in [-0.15, -0.1) is 17.9 Å². The van der Waals surface area contributed by atoms with Crippen LogP contribution in [-0.4, -0.2) is 31.1 Å². The Morgan fingerprint density at radius 3 is 3.24 bits per heavy atom. The largest absolute Gasteiger partial charge is 0.465 e. The Morgan fingerprint density at radius 2 is 2.53 bits per heavy atom. The summed E-state index contributed by atoms with van der Waals surface area (Å²) in [5.74, 6) is -0.277. The van der Waals surface area contributed by atoms with Gasteiger partial charge in [-0.1, -0.05) is 6.08 Å². The van der Waals surface area contributed by atoms with Crippen LogP contribution in [0.3, 0.4) is 0 Å². The molecule has 0 aliphatic carbocycles. The Bertz CT molecular complexity index is 462. The van der Waals surface area contributed by atoms with Crippen LogP contribution >= 0.6 is 11.3 Å². The van der Waals surface area contributed by atoms with Crippen molar-refractivity contribution in [1.82, 2.24) is 4.90 Å². The summed E-state index contributed by atoms with van der Waals surface area (Å²) in [7, 11) is 1.41. The maximum Gasteiger partial charge on any atom is 0.339 e. The van der Waals surface area contributed by atoms with E-state index >= 15 is 0 Å². The minimum absolute atomic E-state index is 0.277. The van der Waals surface area contributed by atoms with Crippen LogP contribution in [-0.2, 0) is 16.0 Å². The van der Waals surface area contributed by atoms with E-state index in [9.17, 15) is 4.79 Å². The fourth-order valence-corrected chi connectivity index (χ4v) is 2.80. The molecular weight excluding hydrogens is 234 g/mol. The molecule has 2 heterocycles. The Balaban J connectivity index is 2.39. The molecule has 0 saturated heterocycles. The molecule has 0 N–H and O–H groups in total. The molecule has 0 amide bonds. The molecule has 2 rings (SSSR count). The third-order valence-electron chi connectivity index (χ3n) is 2.74. The second-order valence-electron chi connectivity index (χ2n) is 3.83. The van der Waals surface area contributed by atoms with Gasteiger partial charge >= 0.3 is 5.97 Å². The molecular formula is C13H15NO2S. The molecule has 1 aromatic rings. The zero-order chi connectivity index (χ0) is 12.3. The van der Waals surface area contributed by atoms with Crippen LogP contribution < -0.4 is 0 Å². The lowest BCUT2D eigenvalue weighted by Crippen LogP contribution is -2.19. The van der Waals surface area contributed by atoms with Crippen LogP contribution in [0.25, 0.3) is 5.57 Å². The molecule has 0 spiro atoms. The molecule has 1 aromatic heterocycles. The molecule has 0 unspecified atom stereocenters. The number of methoxy groups -OCH3 is 1. The molecule has 0 fully saturated rings. The number of hydrogen-bond acceptors (Lipinski definition) is 4. The van der Waals surface area contributed by atoms with E-state index in [1.165, 1.54) is 12.0 Å². The summed E-state index contributed by atoms with van der Waals surface area (Å²) in [4.78, 5) is 15.1. The van der Waals surface area contributed by atoms with Gasteiger partial charge in [0.1, 0.15) is 0 Å². The number of nitrogens with zero attached hydrogens (tertiary/aromatic N) is 1. The van der Waals surface area contributed by atoms with Crippen molar-refractivity contribution in [3.05, 3.63) is 40.7 Å². The molecule has 1 aliphatic rings. The normalized spacial score (nSPS) is 14.6. The monoisotopic (exact) mass is 249 g/mol. The third kappa shape index (κ3) is 2.42. The predicted octanol–water partition coefficient (Wildman–Crippen LogP) is 2.31. The third-order valence-corrected chi connectivity index (χ3v) is 3.72. The van der Waals surface area contributed by atoms with E-state index in [2.05, 4.69) is 11.5 Å². The SMILES string of the molecule is C=CCN1C=C(C(=O)OC)c2ccsc2CC1. The smallest absolute Gasteiger partial charge is 0.339 e. The molecule has 0 saturated carbocycles. The first-order valence-corrected chi connectivity index (χ1v) is 6.36. The topological polar surface area (TPSA) is 29.5 Å². The van der Waals surface area contributed by atoms with E-state index in [-0.39, 0.29) is 5.97 Å². The highest BCUT2D eigenvalue weighted by Gasteiger charge is 2.21. The zero-order valence-electron chi connectivity index (χ0n) is 9.81. The van der Waals surface area contributed by atoms with Gasteiger partial charge in [0.15, 0.2) is 0 Å². The van der Waals surface area contributed by atoms with Crippen molar-refractivity contribution in [2.75, 3.05) is 20.2 Å². The molecule has 1 aliphatic heterocycles. The van der Waals surface area contributed by atoms with E-state index in [0.717, 1.165) is 25.1 Å². The Kier molecular flexibility index (Phi) is 3.64. The van der Waals surface area contributed by atoms with Crippen LogP contribution in [0, 0.1) is 0 Å². The quantitative estimate of drug-likeness (QED) is 0.608. The number of thiophene rings is 1. The second-order valence-corrected chi connectivity index (χ2v) is 4.83. The molecule has 3 nitrogen and oxygen atoms in total. The van der Waals surface area contributed by atoms with Gasteiger partial charge in [0.05, 0.1) is 12.7 Å². The molecule has 0 radical (unpaired) electrons. The van der Waals surface area contributed by atoms with Crippen molar-refractivity contribution < 1.29 is 9.53 Å². The lowest BCUT2D eigenvalue weighted by atomic mass is 10.1. The molecule has 0 bridgehead atoms. The van der Waals surface area contributed by atoms with Gasteiger partial charge in [0.2, 0.25) is 0 Å². The van der Waals surface area contributed by atoms with Gasteiger partial charge in [-0.25, -0.2) is 4.79 Å². The van der Waals surface area contributed by atoms with Crippen molar-refractivity contribution in [2.24, 2.45) is 0 Å². The minimum atomic E-state index is -0.277. The number of ether oxygens (including phenoxy) is 1. The van der Waals surface area contributed by atoms with Gasteiger partial charge in [-0.05, 0) is 17.9 Å². The van der Waals surface area contributed by atoms with Gasteiger partial charge < -0.3 is 9.64 Å². The summed E-state index contributed by atoms with van der Waals surface area (Å²) in [6.07, 6.45) is 4.68. The van der Waals surface area contributed by atoms with Gasteiger partial charge in [-0.2, -0.15) is 0 Å². The number of esters is 1. The minimum Gasteiger partial charge on any atom is -0.465 e. The zero-order valence-corrected chi connectivity index (χ0v) is 10.6.